The maximum absolute atomic E-state index is 10.3. The highest BCUT2D eigenvalue weighted by Crippen LogP contribution is 2.31. The van der Waals surface area contributed by atoms with Gasteiger partial charge in [0.05, 0.1) is 21.4 Å². The van der Waals surface area contributed by atoms with Crippen LogP contribution in [0.15, 0.2) is 53.0 Å². The van der Waals surface area contributed by atoms with Crippen LogP contribution in [0.4, 0.5) is 0 Å². The van der Waals surface area contributed by atoms with Gasteiger partial charge in [-0.25, -0.2) is 4.68 Å². The van der Waals surface area contributed by atoms with E-state index < -0.39 is 5.60 Å². The fraction of sp³-hybridized carbons (Fsp3) is 0.211. The van der Waals surface area contributed by atoms with Gasteiger partial charge in [-0.05, 0) is 56.3 Å². The molecule has 0 aliphatic rings. The number of hydrogen-bond donors (Lipinski definition) is 1. The van der Waals surface area contributed by atoms with Crippen molar-refractivity contribution >= 4 is 39.1 Å². The maximum Gasteiger partial charge on any atom is 0.130 e. The van der Waals surface area contributed by atoms with E-state index in [1.54, 1.807) is 42.8 Å². The van der Waals surface area contributed by atoms with Crippen LogP contribution in [-0.2, 0) is 12.2 Å². The summed E-state index contributed by atoms with van der Waals surface area (Å²) < 4.78 is 8.46. The Kier molecular flexibility index (Phi) is 5.63. The molecule has 7 heteroatoms. The molecule has 4 nitrogen and oxygen atoms in total. The summed E-state index contributed by atoms with van der Waals surface area (Å²) in [5, 5.41) is 15.8. The molecular weight excluding hydrogens is 439 g/mol. The molecule has 0 radical (unpaired) electrons. The second-order valence-corrected chi connectivity index (χ2v) is 8.03. The zero-order chi connectivity index (χ0) is 18.9. The van der Waals surface area contributed by atoms with E-state index in [9.17, 15) is 5.11 Å². The average molecular weight is 456 g/mol. The van der Waals surface area contributed by atoms with Crippen molar-refractivity contribution in [3.8, 4) is 11.4 Å². The number of para-hydroxylation sites is 1. The zero-order valence-electron chi connectivity index (χ0n) is 14.2. The molecule has 3 rings (SSSR count). The summed E-state index contributed by atoms with van der Waals surface area (Å²) in [6, 6.07) is 14.6. The standard InChI is InChI=1S/C19H17BrCl2N2O2/c1-19(2,25)17-10-13(11-26-14-8-6-12(20)7-9-14)24(23-17)18-15(21)4-3-5-16(18)22/h3-10,25H,11H2,1-2H3. The molecule has 3 aromatic rings. The van der Waals surface area contributed by atoms with Crippen molar-refractivity contribution in [1.29, 1.82) is 0 Å². The first-order valence-electron chi connectivity index (χ1n) is 7.90. The van der Waals surface area contributed by atoms with E-state index >= 15 is 0 Å². The van der Waals surface area contributed by atoms with Crippen molar-refractivity contribution in [3.63, 3.8) is 0 Å². The molecule has 0 fully saturated rings. The van der Waals surface area contributed by atoms with E-state index in [0.29, 0.717) is 21.4 Å². The molecule has 0 saturated carbocycles. The molecule has 0 unspecified atom stereocenters. The van der Waals surface area contributed by atoms with Crippen molar-refractivity contribution in [1.82, 2.24) is 9.78 Å². The highest BCUT2D eigenvalue weighted by atomic mass is 79.9. The van der Waals surface area contributed by atoms with Crippen molar-refractivity contribution < 1.29 is 9.84 Å². The van der Waals surface area contributed by atoms with E-state index in [2.05, 4.69) is 21.0 Å². The molecule has 0 atom stereocenters. The van der Waals surface area contributed by atoms with E-state index in [4.69, 9.17) is 27.9 Å². The fourth-order valence-electron chi connectivity index (χ4n) is 2.39. The van der Waals surface area contributed by atoms with Gasteiger partial charge in [0, 0.05) is 4.47 Å². The van der Waals surface area contributed by atoms with Crippen molar-refractivity contribution in [2.24, 2.45) is 0 Å². The van der Waals surface area contributed by atoms with E-state index in [1.807, 2.05) is 24.3 Å². The largest absolute Gasteiger partial charge is 0.487 e. The van der Waals surface area contributed by atoms with Crippen LogP contribution < -0.4 is 4.74 Å². The average Bonchev–Trinajstić information content (AvgIpc) is 2.98. The van der Waals surface area contributed by atoms with Gasteiger partial charge < -0.3 is 9.84 Å². The molecule has 1 aromatic heterocycles. The number of nitrogens with zero attached hydrogens (tertiary/aromatic N) is 2. The summed E-state index contributed by atoms with van der Waals surface area (Å²) in [7, 11) is 0. The second-order valence-electron chi connectivity index (χ2n) is 6.30. The van der Waals surface area contributed by atoms with Crippen molar-refractivity contribution in [2.75, 3.05) is 0 Å². The van der Waals surface area contributed by atoms with Gasteiger partial charge in [0.25, 0.3) is 0 Å². The van der Waals surface area contributed by atoms with Crippen LogP contribution in [0.2, 0.25) is 10.0 Å². The first-order chi connectivity index (χ1) is 12.3. The van der Waals surface area contributed by atoms with Gasteiger partial charge in [-0.15, -0.1) is 0 Å². The number of ether oxygens (including phenoxy) is 1. The van der Waals surface area contributed by atoms with E-state index in [0.717, 1.165) is 15.9 Å². The quantitative estimate of drug-likeness (QED) is 0.532. The van der Waals surface area contributed by atoms with Gasteiger partial charge in [-0.2, -0.15) is 5.10 Å². The lowest BCUT2D eigenvalue weighted by Crippen LogP contribution is -2.16. The van der Waals surface area contributed by atoms with E-state index in [1.165, 1.54) is 0 Å². The predicted octanol–water partition coefficient (Wildman–Crippen LogP) is 5.75. The molecule has 26 heavy (non-hydrogen) atoms. The van der Waals surface area contributed by atoms with Crippen LogP contribution in [0.3, 0.4) is 0 Å². The summed E-state index contributed by atoms with van der Waals surface area (Å²) >= 11 is 16.1. The SMILES string of the molecule is CC(C)(O)c1cc(COc2ccc(Br)cc2)n(-c2c(Cl)cccc2Cl)n1. The highest BCUT2D eigenvalue weighted by Gasteiger charge is 2.24. The van der Waals surface area contributed by atoms with Crippen molar-refractivity contribution in [3.05, 3.63) is 74.4 Å². The highest BCUT2D eigenvalue weighted by molar-refractivity contribution is 9.10. The second kappa shape index (κ2) is 7.61. The molecule has 0 aliphatic carbocycles. The van der Waals surface area contributed by atoms with Gasteiger partial charge in [0.2, 0.25) is 0 Å². The molecule has 1 N–H and O–H groups in total. The Morgan fingerprint density at radius 3 is 2.31 bits per heavy atom. The topological polar surface area (TPSA) is 47.3 Å². The smallest absolute Gasteiger partial charge is 0.130 e. The minimum absolute atomic E-state index is 0.242. The Labute approximate surface area is 170 Å². The van der Waals surface area contributed by atoms with Gasteiger partial charge in [-0.3, -0.25) is 0 Å². The molecule has 1 heterocycles. The molecule has 0 bridgehead atoms. The minimum Gasteiger partial charge on any atom is -0.487 e. The summed E-state index contributed by atoms with van der Waals surface area (Å²) in [4.78, 5) is 0. The molecule has 2 aromatic carbocycles. The summed E-state index contributed by atoms with van der Waals surface area (Å²) in [5.41, 5.74) is 0.675. The molecule has 0 saturated heterocycles. The first-order valence-corrected chi connectivity index (χ1v) is 9.45. The molecule has 0 spiro atoms. The van der Waals surface area contributed by atoms with Gasteiger partial charge >= 0.3 is 0 Å². The van der Waals surface area contributed by atoms with Crippen molar-refractivity contribution in [2.45, 2.75) is 26.1 Å². The van der Waals surface area contributed by atoms with Crippen LogP contribution >= 0.6 is 39.1 Å². The third-order valence-corrected chi connectivity index (χ3v) is 4.90. The molecule has 0 aliphatic heterocycles. The van der Waals surface area contributed by atoms with Crippen LogP contribution in [0, 0.1) is 0 Å². The lowest BCUT2D eigenvalue weighted by Gasteiger charge is -2.14. The molecular formula is C19H17BrCl2N2O2. The number of halogens is 3. The Morgan fingerprint density at radius 2 is 1.73 bits per heavy atom. The maximum atomic E-state index is 10.3. The number of aromatic nitrogens is 2. The Balaban J connectivity index is 2.00. The monoisotopic (exact) mass is 454 g/mol. The third kappa shape index (κ3) is 4.23. The van der Waals surface area contributed by atoms with Crippen LogP contribution in [0.25, 0.3) is 5.69 Å². The predicted molar refractivity (Wildman–Crippen MR) is 107 cm³/mol. The molecule has 0 amide bonds. The Bertz CT molecular complexity index is 898. The lowest BCUT2D eigenvalue weighted by molar-refractivity contribution is 0.0734. The number of benzene rings is 2. The summed E-state index contributed by atoms with van der Waals surface area (Å²) in [5.74, 6) is 0.719. The zero-order valence-corrected chi connectivity index (χ0v) is 17.3. The lowest BCUT2D eigenvalue weighted by atomic mass is 10.1. The van der Waals surface area contributed by atoms with Gasteiger partial charge in [-0.1, -0.05) is 45.2 Å². The Hall–Kier alpha value is -1.53. The van der Waals surface area contributed by atoms with Crippen LogP contribution in [0.5, 0.6) is 5.75 Å². The molecule has 136 valence electrons. The first kappa shape index (κ1) is 19.2. The fourth-order valence-corrected chi connectivity index (χ4v) is 3.22. The van der Waals surface area contributed by atoms with Crippen LogP contribution in [-0.4, -0.2) is 14.9 Å². The third-order valence-electron chi connectivity index (χ3n) is 3.76. The van der Waals surface area contributed by atoms with Crippen LogP contribution in [0.1, 0.15) is 25.2 Å². The minimum atomic E-state index is -1.11. The summed E-state index contributed by atoms with van der Waals surface area (Å²) in [6.07, 6.45) is 0. The summed E-state index contributed by atoms with van der Waals surface area (Å²) in [6.45, 7) is 3.59. The Morgan fingerprint density at radius 1 is 1.12 bits per heavy atom. The number of aliphatic hydroxyl groups is 1. The normalized spacial score (nSPS) is 11.6. The number of hydrogen-bond acceptors (Lipinski definition) is 3. The van der Waals surface area contributed by atoms with Gasteiger partial charge in [0.1, 0.15) is 23.6 Å². The number of rotatable bonds is 5. The van der Waals surface area contributed by atoms with Gasteiger partial charge in [0.15, 0.2) is 0 Å². The van der Waals surface area contributed by atoms with E-state index in [-0.39, 0.29) is 6.61 Å².